The number of para-hydroxylation sites is 1. The summed E-state index contributed by atoms with van der Waals surface area (Å²) < 4.78 is 8.19. The molecule has 1 amide bonds. The Hall–Kier alpha value is -2.74. The van der Waals surface area contributed by atoms with E-state index >= 15 is 0 Å². The highest BCUT2D eigenvalue weighted by Crippen LogP contribution is 2.17. The monoisotopic (exact) mass is 429 g/mol. The van der Waals surface area contributed by atoms with E-state index in [1.54, 1.807) is 4.68 Å². The van der Waals surface area contributed by atoms with E-state index in [-0.39, 0.29) is 11.9 Å². The number of halogens is 1. The predicted molar refractivity (Wildman–Crippen MR) is 105 cm³/mol. The minimum atomic E-state index is -0.314. The highest BCUT2D eigenvalue weighted by Gasteiger charge is 2.17. The first kappa shape index (κ1) is 19.0. The molecular formula is C19H20BrN5O2. The average Bonchev–Trinajstić information content (AvgIpc) is 3.17. The summed E-state index contributed by atoms with van der Waals surface area (Å²) in [7, 11) is 0. The quantitative estimate of drug-likeness (QED) is 0.554. The van der Waals surface area contributed by atoms with Gasteiger partial charge in [-0.25, -0.2) is 0 Å². The Morgan fingerprint density at radius 1 is 1.19 bits per heavy atom. The van der Waals surface area contributed by atoms with Crippen LogP contribution in [0.2, 0.25) is 0 Å². The van der Waals surface area contributed by atoms with E-state index < -0.39 is 0 Å². The lowest BCUT2D eigenvalue weighted by Crippen LogP contribution is -2.28. The van der Waals surface area contributed by atoms with E-state index in [9.17, 15) is 4.79 Å². The van der Waals surface area contributed by atoms with Crippen molar-refractivity contribution in [1.29, 1.82) is 0 Å². The van der Waals surface area contributed by atoms with Crippen molar-refractivity contribution in [2.45, 2.75) is 25.8 Å². The van der Waals surface area contributed by atoms with Gasteiger partial charge in [-0.15, -0.1) is 5.10 Å². The third-order valence-electron chi connectivity index (χ3n) is 3.89. The first-order chi connectivity index (χ1) is 13.1. The Balaban J connectivity index is 1.50. The number of amides is 1. The number of hydrogen-bond donors (Lipinski definition) is 1. The zero-order chi connectivity index (χ0) is 19.1. The van der Waals surface area contributed by atoms with Crippen molar-refractivity contribution in [3.63, 3.8) is 0 Å². The Morgan fingerprint density at radius 3 is 2.67 bits per heavy atom. The van der Waals surface area contributed by atoms with Gasteiger partial charge >= 0.3 is 0 Å². The molecule has 0 aliphatic heterocycles. The zero-order valence-electron chi connectivity index (χ0n) is 14.9. The molecule has 3 aromatic rings. The van der Waals surface area contributed by atoms with E-state index in [2.05, 4.69) is 36.8 Å². The van der Waals surface area contributed by atoms with Gasteiger partial charge in [0.05, 0.1) is 18.3 Å². The Kier molecular flexibility index (Phi) is 6.54. The molecule has 0 aliphatic rings. The van der Waals surface area contributed by atoms with Crippen LogP contribution in [0, 0.1) is 0 Å². The Bertz CT molecular complexity index is 867. The minimum absolute atomic E-state index is 0.0653. The molecule has 0 radical (unpaired) electrons. The van der Waals surface area contributed by atoms with E-state index in [0.29, 0.717) is 25.3 Å². The van der Waals surface area contributed by atoms with E-state index in [1.807, 2.05) is 61.5 Å². The number of nitrogens with one attached hydrogen (secondary N) is 1. The van der Waals surface area contributed by atoms with Crippen molar-refractivity contribution >= 4 is 21.8 Å². The van der Waals surface area contributed by atoms with Crippen LogP contribution in [0.5, 0.6) is 5.75 Å². The molecule has 0 aliphatic carbocycles. The first-order valence-corrected chi connectivity index (χ1v) is 9.44. The maximum atomic E-state index is 12.2. The third kappa shape index (κ3) is 5.37. The Labute approximate surface area is 165 Å². The molecule has 0 fully saturated rings. The van der Waals surface area contributed by atoms with Crippen LogP contribution in [0.15, 0.2) is 59.1 Å². The maximum Gasteiger partial charge on any atom is 0.220 e. The predicted octanol–water partition coefficient (Wildman–Crippen LogP) is 3.46. The molecule has 0 spiro atoms. The van der Waals surface area contributed by atoms with Gasteiger partial charge in [-0.1, -0.05) is 34.1 Å². The number of tetrazole rings is 1. The highest BCUT2D eigenvalue weighted by atomic mass is 79.9. The number of ether oxygens (including phenoxy) is 1. The smallest absolute Gasteiger partial charge is 0.220 e. The molecular weight excluding hydrogens is 410 g/mol. The topological polar surface area (TPSA) is 81.9 Å². The number of benzene rings is 2. The molecule has 0 saturated carbocycles. The van der Waals surface area contributed by atoms with Crippen molar-refractivity contribution < 1.29 is 9.53 Å². The fourth-order valence-corrected chi connectivity index (χ4v) is 2.81. The molecule has 1 N–H and O–H groups in total. The van der Waals surface area contributed by atoms with Crippen LogP contribution < -0.4 is 10.1 Å². The minimum Gasteiger partial charge on any atom is -0.494 e. The lowest BCUT2D eigenvalue weighted by atomic mass is 10.2. The molecule has 1 aromatic heterocycles. The van der Waals surface area contributed by atoms with E-state index in [4.69, 9.17) is 4.74 Å². The van der Waals surface area contributed by atoms with E-state index in [0.717, 1.165) is 15.9 Å². The van der Waals surface area contributed by atoms with Gasteiger partial charge in [-0.3, -0.25) is 4.79 Å². The number of hydrogen-bond acceptors (Lipinski definition) is 5. The van der Waals surface area contributed by atoms with E-state index in [1.165, 1.54) is 0 Å². The molecule has 140 valence electrons. The molecule has 1 atom stereocenters. The summed E-state index contributed by atoms with van der Waals surface area (Å²) in [6, 6.07) is 16.9. The van der Waals surface area contributed by atoms with Crippen LogP contribution >= 0.6 is 15.9 Å². The summed E-state index contributed by atoms with van der Waals surface area (Å²) in [6.07, 6.45) is 1.00. The molecule has 2 aromatic carbocycles. The summed E-state index contributed by atoms with van der Waals surface area (Å²) >= 11 is 3.41. The summed E-state index contributed by atoms with van der Waals surface area (Å²) in [5.74, 6) is 1.32. The van der Waals surface area contributed by atoms with Crippen molar-refractivity contribution in [3.05, 3.63) is 64.9 Å². The SMILES string of the molecule is CC(NC(=O)CCCOc1ccccc1)c1nnnn1-c1ccc(Br)cc1. The second-order valence-electron chi connectivity index (χ2n) is 5.98. The molecule has 27 heavy (non-hydrogen) atoms. The van der Waals surface area contributed by atoms with Crippen LogP contribution in [0.1, 0.15) is 31.6 Å². The summed E-state index contributed by atoms with van der Waals surface area (Å²) in [4.78, 5) is 12.2. The number of nitrogens with zero attached hydrogens (tertiary/aromatic N) is 4. The van der Waals surface area contributed by atoms with Gasteiger partial charge < -0.3 is 10.1 Å². The van der Waals surface area contributed by atoms with Crippen LogP contribution in [0.4, 0.5) is 0 Å². The number of carbonyl (C=O) groups is 1. The summed E-state index contributed by atoms with van der Waals surface area (Å²) in [5, 5.41) is 14.8. The Morgan fingerprint density at radius 2 is 1.93 bits per heavy atom. The first-order valence-electron chi connectivity index (χ1n) is 8.65. The highest BCUT2D eigenvalue weighted by molar-refractivity contribution is 9.10. The van der Waals surface area contributed by atoms with Crippen molar-refractivity contribution in [2.24, 2.45) is 0 Å². The number of carbonyl (C=O) groups excluding carboxylic acids is 1. The number of aromatic nitrogens is 4. The maximum absolute atomic E-state index is 12.2. The molecule has 7 nitrogen and oxygen atoms in total. The van der Waals surface area contributed by atoms with Gasteiger partial charge in [-0.05, 0) is 60.2 Å². The molecule has 8 heteroatoms. The standard InChI is InChI=1S/C19H20BrN5O2/c1-14(19-22-23-24-25(19)16-11-9-15(20)10-12-16)21-18(26)8-5-13-27-17-6-3-2-4-7-17/h2-4,6-7,9-12,14H,5,8,13H2,1H3,(H,21,26). The van der Waals surface area contributed by atoms with Crippen molar-refractivity contribution in [2.75, 3.05) is 6.61 Å². The molecule has 3 rings (SSSR count). The van der Waals surface area contributed by atoms with Gasteiger partial charge in [-0.2, -0.15) is 4.68 Å². The lowest BCUT2D eigenvalue weighted by molar-refractivity contribution is -0.122. The molecule has 1 unspecified atom stereocenters. The van der Waals surface area contributed by atoms with Gasteiger partial charge in [0.15, 0.2) is 5.82 Å². The van der Waals surface area contributed by atoms with Gasteiger partial charge in [0.25, 0.3) is 0 Å². The fourth-order valence-electron chi connectivity index (χ4n) is 2.55. The normalized spacial score (nSPS) is 11.8. The van der Waals surface area contributed by atoms with Crippen molar-refractivity contribution in [1.82, 2.24) is 25.5 Å². The van der Waals surface area contributed by atoms with Gasteiger partial charge in [0, 0.05) is 10.9 Å². The molecule has 0 saturated heterocycles. The largest absolute Gasteiger partial charge is 0.494 e. The summed E-state index contributed by atoms with van der Waals surface area (Å²) in [5.41, 5.74) is 0.829. The van der Waals surface area contributed by atoms with Crippen molar-refractivity contribution in [3.8, 4) is 11.4 Å². The van der Waals surface area contributed by atoms with Crippen LogP contribution in [0.3, 0.4) is 0 Å². The second kappa shape index (κ2) is 9.27. The zero-order valence-corrected chi connectivity index (χ0v) is 16.5. The second-order valence-corrected chi connectivity index (χ2v) is 6.90. The van der Waals surface area contributed by atoms with Crippen LogP contribution in [0.25, 0.3) is 5.69 Å². The third-order valence-corrected chi connectivity index (χ3v) is 4.42. The van der Waals surface area contributed by atoms with Gasteiger partial charge in [0.1, 0.15) is 5.75 Å². The fraction of sp³-hybridized carbons (Fsp3) is 0.263. The lowest BCUT2D eigenvalue weighted by Gasteiger charge is -2.14. The molecule has 1 heterocycles. The summed E-state index contributed by atoms with van der Waals surface area (Å²) in [6.45, 7) is 2.35. The molecule has 0 bridgehead atoms. The number of rotatable bonds is 8. The van der Waals surface area contributed by atoms with Crippen LogP contribution in [-0.2, 0) is 4.79 Å². The average molecular weight is 430 g/mol. The van der Waals surface area contributed by atoms with Gasteiger partial charge in [0.2, 0.25) is 5.91 Å². The van der Waals surface area contributed by atoms with Crippen LogP contribution in [-0.4, -0.2) is 32.7 Å².